The number of nitrogens with one attached hydrogen (secondary N) is 1. The summed E-state index contributed by atoms with van der Waals surface area (Å²) in [6, 6.07) is 17.5. The number of carbonyl (C=O) groups excluding carboxylic acids is 2. The monoisotopic (exact) mass is 701 g/mol. The number of carbonyl (C=O) groups is 2. The largest absolute Gasteiger partial charge is 0.417 e. The van der Waals surface area contributed by atoms with Gasteiger partial charge in [0.05, 0.1) is 22.5 Å². The Bertz CT molecular complexity index is 1560. The van der Waals surface area contributed by atoms with Gasteiger partial charge in [-0.3, -0.25) is 13.9 Å². The number of rotatable bonds is 10. The van der Waals surface area contributed by atoms with Gasteiger partial charge < -0.3 is 10.2 Å². The van der Waals surface area contributed by atoms with Crippen molar-refractivity contribution in [2.45, 2.75) is 51.5 Å². The van der Waals surface area contributed by atoms with Gasteiger partial charge in [0.15, 0.2) is 0 Å². The Morgan fingerprint density at radius 3 is 2.14 bits per heavy atom. The van der Waals surface area contributed by atoms with E-state index in [0.29, 0.717) is 15.9 Å². The Labute approximate surface area is 263 Å². The Balaban J connectivity index is 2.12. The number of nitrogens with zero attached hydrogens (tertiary/aromatic N) is 2. The van der Waals surface area contributed by atoms with E-state index in [4.69, 9.17) is 11.6 Å². The van der Waals surface area contributed by atoms with Gasteiger partial charge in [0.1, 0.15) is 12.6 Å². The quantitative estimate of drug-likeness (QED) is 0.264. The minimum atomic E-state index is -4.86. The van der Waals surface area contributed by atoms with Gasteiger partial charge in [0.2, 0.25) is 21.8 Å². The van der Waals surface area contributed by atoms with E-state index < -0.39 is 62.4 Å². The average molecular weight is 703 g/mol. The second kappa shape index (κ2) is 13.7. The van der Waals surface area contributed by atoms with Crippen LogP contribution in [0.5, 0.6) is 0 Å². The second-order valence-electron chi connectivity index (χ2n) is 11.0. The zero-order valence-corrected chi connectivity index (χ0v) is 27.1. The summed E-state index contributed by atoms with van der Waals surface area (Å²) >= 11 is 9.15. The first kappa shape index (κ1) is 34.4. The molecule has 3 rings (SSSR count). The number of amides is 2. The second-order valence-corrected chi connectivity index (χ2v) is 14.3. The van der Waals surface area contributed by atoms with E-state index in [2.05, 4.69) is 21.2 Å². The topological polar surface area (TPSA) is 86.8 Å². The molecule has 0 heterocycles. The number of benzene rings is 3. The van der Waals surface area contributed by atoms with Crippen LogP contribution < -0.4 is 9.62 Å². The van der Waals surface area contributed by atoms with Crippen LogP contribution in [0.1, 0.15) is 37.5 Å². The molecule has 1 atom stereocenters. The summed E-state index contributed by atoms with van der Waals surface area (Å²) in [7, 11) is -4.27. The molecule has 0 saturated heterocycles. The molecule has 0 aliphatic carbocycles. The van der Waals surface area contributed by atoms with Crippen LogP contribution in [-0.2, 0) is 38.8 Å². The normalized spacial score (nSPS) is 12.9. The zero-order valence-electron chi connectivity index (χ0n) is 24.0. The van der Waals surface area contributed by atoms with Gasteiger partial charge >= 0.3 is 6.18 Å². The van der Waals surface area contributed by atoms with Crippen LogP contribution in [-0.4, -0.2) is 49.5 Å². The summed E-state index contributed by atoms with van der Waals surface area (Å²) in [6.07, 6.45) is -3.98. The standard InChI is InChI=1S/C30H32BrClF3N3O4S/c1-29(2,3)36-28(40)26(16-20-9-6-5-7-10-20)37(18-21-11-8-12-22(31)15-21)27(39)19-38(43(4,41)42)23-13-14-25(32)24(17-23)30(33,34)35/h5-15,17,26H,16,18-19H2,1-4H3,(H,36,40)/t26-/m1/s1. The van der Waals surface area contributed by atoms with Crippen LogP contribution in [0.2, 0.25) is 5.02 Å². The molecule has 0 fully saturated rings. The molecule has 3 aromatic carbocycles. The molecule has 43 heavy (non-hydrogen) atoms. The molecule has 13 heteroatoms. The SMILES string of the molecule is CC(C)(C)NC(=O)[C@@H](Cc1ccccc1)N(Cc1cccc(Br)c1)C(=O)CN(c1ccc(Cl)c(C(F)(F)F)c1)S(C)(=O)=O. The van der Waals surface area contributed by atoms with Crippen molar-refractivity contribution in [1.29, 1.82) is 0 Å². The molecule has 232 valence electrons. The number of anilines is 1. The first-order valence-electron chi connectivity index (χ1n) is 13.1. The van der Waals surface area contributed by atoms with Gasteiger partial charge in [-0.1, -0.05) is 70.0 Å². The van der Waals surface area contributed by atoms with Crippen LogP contribution in [0.15, 0.2) is 77.3 Å². The Hall–Kier alpha value is -3.09. The van der Waals surface area contributed by atoms with E-state index in [0.717, 1.165) is 28.4 Å². The van der Waals surface area contributed by atoms with Gasteiger partial charge in [-0.05, 0) is 62.2 Å². The van der Waals surface area contributed by atoms with Crippen molar-refractivity contribution in [2.75, 3.05) is 17.1 Å². The minimum absolute atomic E-state index is 0.0840. The number of halogens is 5. The van der Waals surface area contributed by atoms with Crippen molar-refractivity contribution < 1.29 is 31.2 Å². The fourth-order valence-electron chi connectivity index (χ4n) is 4.34. The van der Waals surface area contributed by atoms with Crippen LogP contribution in [0.4, 0.5) is 18.9 Å². The van der Waals surface area contributed by atoms with Gasteiger partial charge in [-0.2, -0.15) is 13.2 Å². The van der Waals surface area contributed by atoms with Crippen LogP contribution in [0, 0.1) is 0 Å². The average Bonchev–Trinajstić information content (AvgIpc) is 2.88. The third-order valence-electron chi connectivity index (χ3n) is 6.23. The van der Waals surface area contributed by atoms with Crippen molar-refractivity contribution in [2.24, 2.45) is 0 Å². The summed E-state index contributed by atoms with van der Waals surface area (Å²) in [5.74, 6) is -1.27. The molecular formula is C30H32BrClF3N3O4S. The van der Waals surface area contributed by atoms with Crippen LogP contribution in [0.3, 0.4) is 0 Å². The third kappa shape index (κ3) is 9.97. The van der Waals surface area contributed by atoms with Gasteiger partial charge in [-0.15, -0.1) is 0 Å². The fourth-order valence-corrected chi connectivity index (χ4v) is 5.85. The van der Waals surface area contributed by atoms with Crippen LogP contribution in [0.25, 0.3) is 0 Å². The van der Waals surface area contributed by atoms with Gasteiger partial charge in [0, 0.05) is 23.0 Å². The summed E-state index contributed by atoms with van der Waals surface area (Å²) in [5.41, 5.74) is -0.914. The van der Waals surface area contributed by atoms with E-state index in [9.17, 15) is 31.2 Å². The summed E-state index contributed by atoms with van der Waals surface area (Å²) in [6.45, 7) is 4.42. The van der Waals surface area contributed by atoms with E-state index in [1.807, 2.05) is 6.07 Å². The Morgan fingerprint density at radius 1 is 0.953 bits per heavy atom. The van der Waals surface area contributed by atoms with Crippen molar-refractivity contribution >= 4 is 55.1 Å². The molecule has 0 aliphatic rings. The van der Waals surface area contributed by atoms with Crippen LogP contribution >= 0.6 is 27.5 Å². The maximum absolute atomic E-state index is 14.1. The third-order valence-corrected chi connectivity index (χ3v) is 8.20. The molecule has 3 aromatic rings. The van der Waals surface area contributed by atoms with Crippen molar-refractivity contribution in [3.05, 3.63) is 99.0 Å². The highest BCUT2D eigenvalue weighted by Gasteiger charge is 2.37. The Morgan fingerprint density at radius 2 is 1.58 bits per heavy atom. The highest BCUT2D eigenvalue weighted by Crippen LogP contribution is 2.37. The first-order chi connectivity index (χ1) is 19.8. The number of hydrogen-bond acceptors (Lipinski definition) is 4. The summed E-state index contributed by atoms with van der Waals surface area (Å²) < 4.78 is 67.9. The van der Waals surface area contributed by atoms with Crippen molar-refractivity contribution in [3.8, 4) is 0 Å². The van der Waals surface area contributed by atoms with Crippen molar-refractivity contribution in [1.82, 2.24) is 10.2 Å². The molecule has 0 aromatic heterocycles. The Kier molecular flexibility index (Phi) is 11.0. The van der Waals surface area contributed by atoms with E-state index in [1.54, 1.807) is 69.3 Å². The molecule has 2 amide bonds. The molecule has 0 bridgehead atoms. The fraction of sp³-hybridized carbons (Fsp3) is 0.333. The number of sulfonamides is 1. The van der Waals surface area contributed by atoms with E-state index in [1.165, 1.54) is 4.90 Å². The molecule has 0 spiro atoms. The maximum Gasteiger partial charge on any atom is 0.417 e. The van der Waals surface area contributed by atoms with Crippen molar-refractivity contribution in [3.63, 3.8) is 0 Å². The lowest BCUT2D eigenvalue weighted by atomic mass is 10.0. The minimum Gasteiger partial charge on any atom is -0.350 e. The summed E-state index contributed by atoms with van der Waals surface area (Å²) in [5, 5.41) is 2.29. The molecule has 1 N–H and O–H groups in total. The lowest BCUT2D eigenvalue weighted by molar-refractivity contribution is -0.140. The lowest BCUT2D eigenvalue weighted by Crippen LogP contribution is -2.56. The molecule has 0 saturated carbocycles. The highest BCUT2D eigenvalue weighted by atomic mass is 79.9. The van der Waals surface area contributed by atoms with E-state index in [-0.39, 0.29) is 13.0 Å². The predicted octanol–water partition coefficient (Wildman–Crippen LogP) is 6.44. The lowest BCUT2D eigenvalue weighted by Gasteiger charge is -2.35. The zero-order chi connectivity index (χ0) is 32.2. The highest BCUT2D eigenvalue weighted by molar-refractivity contribution is 9.10. The molecule has 0 radical (unpaired) electrons. The van der Waals surface area contributed by atoms with Gasteiger partial charge in [0.25, 0.3) is 0 Å². The number of hydrogen-bond donors (Lipinski definition) is 1. The predicted molar refractivity (Wildman–Crippen MR) is 165 cm³/mol. The van der Waals surface area contributed by atoms with Gasteiger partial charge in [-0.25, -0.2) is 8.42 Å². The molecule has 0 aliphatic heterocycles. The molecular weight excluding hydrogens is 671 g/mol. The maximum atomic E-state index is 14.1. The molecule has 0 unspecified atom stereocenters. The first-order valence-corrected chi connectivity index (χ1v) is 16.1. The molecule has 7 nitrogen and oxygen atoms in total. The smallest absolute Gasteiger partial charge is 0.350 e. The summed E-state index contributed by atoms with van der Waals surface area (Å²) in [4.78, 5) is 29.1. The van der Waals surface area contributed by atoms with E-state index >= 15 is 0 Å². The number of alkyl halides is 3.